The van der Waals surface area contributed by atoms with Crippen molar-refractivity contribution in [2.75, 3.05) is 19.0 Å². The van der Waals surface area contributed by atoms with Crippen molar-refractivity contribution in [2.24, 2.45) is 0 Å². The number of esters is 1. The number of methoxy groups -OCH3 is 1. The topological polar surface area (TPSA) is 80.4 Å². The Hall–Kier alpha value is -2.97. The van der Waals surface area contributed by atoms with Crippen molar-refractivity contribution < 1.29 is 32.2 Å². The Balaban J connectivity index is 2.25. The van der Waals surface area contributed by atoms with E-state index in [4.69, 9.17) is 4.74 Å². The van der Waals surface area contributed by atoms with Crippen molar-refractivity contribution in [3.63, 3.8) is 0 Å². The van der Waals surface area contributed by atoms with Crippen molar-refractivity contribution in [3.05, 3.63) is 46.8 Å². The average Bonchev–Trinajstić information content (AvgIpc) is 2.87. The maximum absolute atomic E-state index is 12.5. The average molecular weight is 370 g/mol. The number of aromatic amines is 1. The van der Waals surface area contributed by atoms with Crippen LogP contribution in [-0.2, 0) is 4.74 Å². The van der Waals surface area contributed by atoms with Gasteiger partial charge in [-0.15, -0.1) is 0 Å². The SMILES string of the molecule is COC(=O)c1c(C)[nH]c(C(=O)Nc2ccccc2OCC(F)(F)F)c1C. The van der Waals surface area contributed by atoms with Gasteiger partial charge >= 0.3 is 12.1 Å². The molecular formula is C17H17F3N2O4. The minimum atomic E-state index is -4.50. The smallest absolute Gasteiger partial charge is 0.422 e. The third kappa shape index (κ3) is 4.35. The third-order valence-corrected chi connectivity index (χ3v) is 3.58. The summed E-state index contributed by atoms with van der Waals surface area (Å²) < 4.78 is 46.5. The molecule has 0 saturated heterocycles. The van der Waals surface area contributed by atoms with E-state index in [0.717, 1.165) is 0 Å². The summed E-state index contributed by atoms with van der Waals surface area (Å²) >= 11 is 0. The molecule has 0 radical (unpaired) electrons. The number of rotatable bonds is 5. The zero-order chi connectivity index (χ0) is 19.5. The van der Waals surface area contributed by atoms with Gasteiger partial charge in [0.2, 0.25) is 0 Å². The normalized spacial score (nSPS) is 11.2. The van der Waals surface area contributed by atoms with Crippen molar-refractivity contribution >= 4 is 17.6 Å². The number of hydrogen-bond donors (Lipinski definition) is 2. The van der Waals surface area contributed by atoms with Gasteiger partial charge in [-0.1, -0.05) is 12.1 Å². The van der Waals surface area contributed by atoms with E-state index in [-0.39, 0.29) is 22.7 Å². The standard InChI is InChI=1S/C17H17F3N2O4/c1-9-13(16(24)25-3)10(2)21-14(9)15(23)22-11-6-4-5-7-12(11)26-8-17(18,19)20/h4-7,21H,8H2,1-3H3,(H,22,23). The summed E-state index contributed by atoms with van der Waals surface area (Å²) in [5.74, 6) is -1.33. The molecule has 140 valence electrons. The first kappa shape index (κ1) is 19.4. The Bertz CT molecular complexity index is 828. The van der Waals surface area contributed by atoms with E-state index >= 15 is 0 Å². The quantitative estimate of drug-likeness (QED) is 0.788. The van der Waals surface area contributed by atoms with Gasteiger partial charge in [-0.3, -0.25) is 4.79 Å². The molecule has 0 bridgehead atoms. The summed E-state index contributed by atoms with van der Waals surface area (Å²) in [4.78, 5) is 27.1. The van der Waals surface area contributed by atoms with Crippen molar-refractivity contribution in [3.8, 4) is 5.75 Å². The highest BCUT2D eigenvalue weighted by Gasteiger charge is 2.29. The molecular weight excluding hydrogens is 353 g/mol. The number of anilines is 1. The Morgan fingerprint density at radius 1 is 1.19 bits per heavy atom. The number of H-pyrrole nitrogens is 1. The Kier molecular flexibility index (Phi) is 5.59. The van der Waals surface area contributed by atoms with Crippen LogP contribution in [0.15, 0.2) is 24.3 Å². The molecule has 0 saturated carbocycles. The summed E-state index contributed by atoms with van der Waals surface area (Å²) in [5, 5.41) is 2.49. The highest BCUT2D eigenvalue weighted by atomic mass is 19.4. The molecule has 2 N–H and O–H groups in total. The number of carbonyl (C=O) groups excluding carboxylic acids is 2. The van der Waals surface area contributed by atoms with E-state index in [0.29, 0.717) is 11.3 Å². The Morgan fingerprint density at radius 2 is 1.85 bits per heavy atom. The van der Waals surface area contributed by atoms with Crippen molar-refractivity contribution in [1.82, 2.24) is 4.98 Å². The van der Waals surface area contributed by atoms with Gasteiger partial charge < -0.3 is 19.8 Å². The monoisotopic (exact) mass is 370 g/mol. The second-order valence-corrected chi connectivity index (χ2v) is 5.47. The molecule has 0 aliphatic heterocycles. The van der Waals surface area contributed by atoms with Crippen LogP contribution in [0.4, 0.5) is 18.9 Å². The van der Waals surface area contributed by atoms with E-state index in [1.807, 2.05) is 0 Å². The van der Waals surface area contributed by atoms with E-state index in [9.17, 15) is 22.8 Å². The van der Waals surface area contributed by atoms with Crippen LogP contribution < -0.4 is 10.1 Å². The number of benzene rings is 1. The van der Waals surface area contributed by atoms with E-state index in [1.54, 1.807) is 19.9 Å². The first-order valence-corrected chi connectivity index (χ1v) is 7.51. The van der Waals surface area contributed by atoms with Crippen LogP contribution in [0.1, 0.15) is 32.1 Å². The first-order chi connectivity index (χ1) is 12.1. The number of aryl methyl sites for hydroxylation is 1. The largest absolute Gasteiger partial charge is 0.482 e. The van der Waals surface area contributed by atoms with Gasteiger partial charge in [0.1, 0.15) is 11.4 Å². The van der Waals surface area contributed by atoms with Crippen LogP contribution in [0.5, 0.6) is 5.75 Å². The Morgan fingerprint density at radius 3 is 2.46 bits per heavy atom. The predicted molar refractivity (Wildman–Crippen MR) is 87.6 cm³/mol. The number of halogens is 3. The molecule has 1 aromatic carbocycles. The van der Waals surface area contributed by atoms with E-state index in [2.05, 4.69) is 15.0 Å². The molecule has 1 amide bonds. The number of carbonyl (C=O) groups is 2. The number of hydrogen-bond acceptors (Lipinski definition) is 4. The van der Waals surface area contributed by atoms with Gasteiger partial charge in [0, 0.05) is 5.69 Å². The van der Waals surface area contributed by atoms with Crippen molar-refractivity contribution in [1.29, 1.82) is 0 Å². The molecule has 1 aromatic heterocycles. The van der Waals surface area contributed by atoms with Gasteiger partial charge in [-0.05, 0) is 31.5 Å². The van der Waals surface area contributed by atoms with Crippen LogP contribution in [0, 0.1) is 13.8 Å². The van der Waals surface area contributed by atoms with Crippen LogP contribution in [0.2, 0.25) is 0 Å². The van der Waals surface area contributed by atoms with Crippen LogP contribution in [-0.4, -0.2) is 36.8 Å². The third-order valence-electron chi connectivity index (χ3n) is 3.58. The van der Waals surface area contributed by atoms with E-state index in [1.165, 1.54) is 25.3 Å². The van der Waals surface area contributed by atoms with E-state index < -0.39 is 24.7 Å². The highest BCUT2D eigenvalue weighted by Crippen LogP contribution is 2.27. The molecule has 0 aliphatic rings. The van der Waals surface area contributed by atoms with Crippen LogP contribution in [0.25, 0.3) is 0 Å². The lowest BCUT2D eigenvalue weighted by molar-refractivity contribution is -0.153. The molecule has 9 heteroatoms. The maximum atomic E-state index is 12.5. The predicted octanol–water partition coefficient (Wildman–Crippen LogP) is 3.61. The van der Waals surface area contributed by atoms with Gasteiger partial charge in [0.25, 0.3) is 5.91 Å². The summed E-state index contributed by atoms with van der Waals surface area (Å²) in [6.07, 6.45) is -4.50. The summed E-state index contributed by atoms with van der Waals surface area (Å²) in [6.45, 7) is 1.69. The minimum Gasteiger partial charge on any atom is -0.482 e. The van der Waals surface area contributed by atoms with Gasteiger partial charge in [0.15, 0.2) is 6.61 Å². The number of para-hydroxylation sites is 2. The van der Waals surface area contributed by atoms with Crippen LogP contribution in [0.3, 0.4) is 0 Å². The molecule has 26 heavy (non-hydrogen) atoms. The molecule has 0 atom stereocenters. The van der Waals surface area contributed by atoms with Gasteiger partial charge in [-0.25, -0.2) is 4.79 Å². The summed E-state index contributed by atoms with van der Waals surface area (Å²) in [5.41, 5.74) is 1.24. The molecule has 0 unspecified atom stereocenters. The second kappa shape index (κ2) is 7.51. The van der Waals surface area contributed by atoms with Crippen molar-refractivity contribution in [2.45, 2.75) is 20.0 Å². The first-order valence-electron chi connectivity index (χ1n) is 7.51. The molecule has 1 heterocycles. The van der Waals surface area contributed by atoms with Crippen LogP contribution >= 0.6 is 0 Å². The number of ether oxygens (including phenoxy) is 2. The minimum absolute atomic E-state index is 0.0769. The lowest BCUT2D eigenvalue weighted by Crippen LogP contribution is -2.20. The highest BCUT2D eigenvalue weighted by molar-refractivity contribution is 6.07. The lowest BCUT2D eigenvalue weighted by Gasteiger charge is -2.13. The summed E-state index contributed by atoms with van der Waals surface area (Å²) in [6, 6.07) is 5.76. The number of alkyl halides is 3. The molecule has 2 aromatic rings. The number of nitrogens with one attached hydrogen (secondary N) is 2. The zero-order valence-electron chi connectivity index (χ0n) is 14.3. The fourth-order valence-electron chi connectivity index (χ4n) is 2.43. The fraction of sp³-hybridized carbons (Fsp3) is 0.294. The van der Waals surface area contributed by atoms with Gasteiger partial charge in [0.05, 0.1) is 18.4 Å². The Labute approximate surface area is 147 Å². The molecule has 0 aliphatic carbocycles. The number of amides is 1. The fourth-order valence-corrected chi connectivity index (χ4v) is 2.43. The second-order valence-electron chi connectivity index (χ2n) is 5.47. The molecule has 6 nitrogen and oxygen atoms in total. The summed E-state index contributed by atoms with van der Waals surface area (Å²) in [7, 11) is 1.22. The lowest BCUT2D eigenvalue weighted by atomic mass is 10.1. The molecule has 2 rings (SSSR count). The maximum Gasteiger partial charge on any atom is 0.422 e. The van der Waals surface area contributed by atoms with Gasteiger partial charge in [-0.2, -0.15) is 13.2 Å². The molecule has 0 fully saturated rings. The molecule has 0 spiro atoms. The zero-order valence-corrected chi connectivity index (χ0v) is 14.3. The number of aromatic nitrogens is 1.